The Morgan fingerprint density at radius 1 is 1.00 bits per heavy atom. The van der Waals surface area contributed by atoms with Crippen LogP contribution in [0.5, 0.6) is 17.2 Å². The second-order valence-electron chi connectivity index (χ2n) is 4.00. The van der Waals surface area contributed by atoms with E-state index in [1.54, 1.807) is 36.4 Å². The van der Waals surface area contributed by atoms with Crippen LogP contribution in [0.15, 0.2) is 48.5 Å². The molecule has 4 nitrogen and oxygen atoms in total. The molecule has 0 aromatic heterocycles. The normalized spacial score (nSPS) is 12.1. The maximum atomic E-state index is 9.49. The Bertz CT molecular complexity index is 539. The van der Waals surface area contributed by atoms with Crippen molar-refractivity contribution in [2.75, 3.05) is 6.61 Å². The molecule has 19 heavy (non-hydrogen) atoms. The standard InChI is InChI=1S/C15H16O4/c1-2-18-15(11-5-3-6-12(16)9-11)19-14-8-4-7-13(17)10-14/h3-10,15-17H,2H2,1H3. The summed E-state index contributed by atoms with van der Waals surface area (Å²) in [6, 6.07) is 13.2. The molecule has 0 spiro atoms. The smallest absolute Gasteiger partial charge is 0.226 e. The number of phenols is 2. The van der Waals surface area contributed by atoms with Crippen LogP contribution < -0.4 is 4.74 Å². The van der Waals surface area contributed by atoms with E-state index >= 15 is 0 Å². The van der Waals surface area contributed by atoms with Gasteiger partial charge in [-0.2, -0.15) is 0 Å². The third kappa shape index (κ3) is 3.63. The Morgan fingerprint density at radius 2 is 1.68 bits per heavy atom. The second-order valence-corrected chi connectivity index (χ2v) is 4.00. The van der Waals surface area contributed by atoms with Crippen molar-refractivity contribution in [1.82, 2.24) is 0 Å². The van der Waals surface area contributed by atoms with E-state index in [9.17, 15) is 10.2 Å². The fourth-order valence-corrected chi connectivity index (χ4v) is 1.70. The molecular weight excluding hydrogens is 244 g/mol. The van der Waals surface area contributed by atoms with Gasteiger partial charge < -0.3 is 19.7 Å². The Balaban J connectivity index is 2.21. The molecule has 0 fully saturated rings. The van der Waals surface area contributed by atoms with Gasteiger partial charge in [0.2, 0.25) is 6.29 Å². The van der Waals surface area contributed by atoms with Crippen molar-refractivity contribution >= 4 is 0 Å². The third-order valence-electron chi connectivity index (χ3n) is 2.52. The van der Waals surface area contributed by atoms with Gasteiger partial charge in [-0.15, -0.1) is 0 Å². The molecule has 2 N–H and O–H groups in total. The SMILES string of the molecule is CCOC(Oc1cccc(O)c1)c1cccc(O)c1. The van der Waals surface area contributed by atoms with Gasteiger partial charge in [-0.25, -0.2) is 0 Å². The highest BCUT2D eigenvalue weighted by Crippen LogP contribution is 2.27. The van der Waals surface area contributed by atoms with E-state index in [-0.39, 0.29) is 11.5 Å². The summed E-state index contributed by atoms with van der Waals surface area (Å²) in [5.41, 5.74) is 0.713. The molecule has 0 heterocycles. The lowest BCUT2D eigenvalue weighted by molar-refractivity contribution is -0.0787. The number of aromatic hydroxyl groups is 2. The molecule has 2 aromatic rings. The summed E-state index contributed by atoms with van der Waals surface area (Å²) in [5, 5.41) is 18.9. The summed E-state index contributed by atoms with van der Waals surface area (Å²) in [5.74, 6) is 0.784. The molecule has 100 valence electrons. The van der Waals surface area contributed by atoms with E-state index in [1.807, 2.05) is 13.0 Å². The minimum absolute atomic E-state index is 0.128. The molecule has 0 aliphatic carbocycles. The molecule has 0 saturated heterocycles. The molecule has 2 rings (SSSR count). The monoisotopic (exact) mass is 260 g/mol. The number of ether oxygens (including phenoxy) is 2. The molecule has 0 aliphatic rings. The van der Waals surface area contributed by atoms with Crippen LogP contribution >= 0.6 is 0 Å². The highest BCUT2D eigenvalue weighted by Gasteiger charge is 2.14. The van der Waals surface area contributed by atoms with Gasteiger partial charge in [0.05, 0.1) is 0 Å². The highest BCUT2D eigenvalue weighted by molar-refractivity contribution is 5.33. The van der Waals surface area contributed by atoms with Crippen molar-refractivity contribution in [3.8, 4) is 17.2 Å². The molecule has 0 radical (unpaired) electrons. The zero-order chi connectivity index (χ0) is 13.7. The minimum atomic E-state index is -0.626. The van der Waals surface area contributed by atoms with Gasteiger partial charge in [-0.1, -0.05) is 18.2 Å². The van der Waals surface area contributed by atoms with E-state index in [1.165, 1.54) is 6.07 Å². The average molecular weight is 260 g/mol. The second kappa shape index (κ2) is 6.11. The number of benzene rings is 2. The number of phenolic OH excluding ortho intramolecular Hbond substituents is 2. The van der Waals surface area contributed by atoms with E-state index in [2.05, 4.69) is 0 Å². The Labute approximate surface area is 111 Å². The van der Waals surface area contributed by atoms with Crippen molar-refractivity contribution in [3.05, 3.63) is 54.1 Å². The van der Waals surface area contributed by atoms with Gasteiger partial charge >= 0.3 is 0 Å². The summed E-state index contributed by atoms with van der Waals surface area (Å²) >= 11 is 0. The Hall–Kier alpha value is -2.20. The summed E-state index contributed by atoms with van der Waals surface area (Å²) in [6.07, 6.45) is -0.626. The molecule has 1 unspecified atom stereocenters. The van der Waals surface area contributed by atoms with Crippen molar-refractivity contribution in [1.29, 1.82) is 0 Å². The summed E-state index contributed by atoms with van der Waals surface area (Å²) < 4.78 is 11.2. The van der Waals surface area contributed by atoms with Crippen LogP contribution in [0.2, 0.25) is 0 Å². The van der Waals surface area contributed by atoms with E-state index in [0.29, 0.717) is 17.9 Å². The van der Waals surface area contributed by atoms with Gasteiger partial charge in [0.1, 0.15) is 17.2 Å². The number of hydrogen-bond acceptors (Lipinski definition) is 4. The first-order valence-corrected chi connectivity index (χ1v) is 6.05. The van der Waals surface area contributed by atoms with Gasteiger partial charge in [0.15, 0.2) is 0 Å². The molecule has 4 heteroatoms. The van der Waals surface area contributed by atoms with Gasteiger partial charge in [0, 0.05) is 18.2 Å². The lowest BCUT2D eigenvalue weighted by atomic mass is 10.2. The van der Waals surface area contributed by atoms with Crippen LogP contribution in [0.1, 0.15) is 18.8 Å². The van der Waals surface area contributed by atoms with Crippen LogP contribution in [0.25, 0.3) is 0 Å². The Morgan fingerprint density at radius 3 is 2.32 bits per heavy atom. The third-order valence-corrected chi connectivity index (χ3v) is 2.52. The summed E-state index contributed by atoms with van der Waals surface area (Å²) in [6.45, 7) is 2.33. The molecule has 1 atom stereocenters. The minimum Gasteiger partial charge on any atom is -0.508 e. The van der Waals surface area contributed by atoms with Crippen molar-refractivity contribution in [3.63, 3.8) is 0 Å². The van der Waals surface area contributed by atoms with Gasteiger partial charge in [0.25, 0.3) is 0 Å². The molecule has 0 saturated carbocycles. The maximum absolute atomic E-state index is 9.49. The van der Waals surface area contributed by atoms with Crippen LogP contribution in [-0.2, 0) is 4.74 Å². The maximum Gasteiger partial charge on any atom is 0.226 e. The zero-order valence-corrected chi connectivity index (χ0v) is 10.6. The zero-order valence-electron chi connectivity index (χ0n) is 10.6. The van der Waals surface area contributed by atoms with Gasteiger partial charge in [-0.3, -0.25) is 0 Å². The number of hydrogen-bond donors (Lipinski definition) is 2. The molecule has 2 aromatic carbocycles. The first-order valence-electron chi connectivity index (χ1n) is 6.05. The fraction of sp³-hybridized carbons (Fsp3) is 0.200. The predicted octanol–water partition coefficient (Wildman–Crippen LogP) is 3.21. The lowest BCUT2D eigenvalue weighted by Gasteiger charge is -2.19. The summed E-state index contributed by atoms with van der Waals surface area (Å²) in [7, 11) is 0. The summed E-state index contributed by atoms with van der Waals surface area (Å²) in [4.78, 5) is 0. The number of rotatable bonds is 5. The van der Waals surface area contributed by atoms with E-state index < -0.39 is 6.29 Å². The highest BCUT2D eigenvalue weighted by atomic mass is 16.7. The van der Waals surface area contributed by atoms with E-state index in [0.717, 1.165) is 0 Å². The molecule has 0 bridgehead atoms. The molecule has 0 amide bonds. The van der Waals surface area contributed by atoms with Crippen LogP contribution in [0.3, 0.4) is 0 Å². The first-order chi connectivity index (χ1) is 9.19. The fourth-order valence-electron chi connectivity index (χ4n) is 1.70. The first kappa shape index (κ1) is 13.2. The van der Waals surface area contributed by atoms with Crippen LogP contribution in [0.4, 0.5) is 0 Å². The largest absolute Gasteiger partial charge is 0.508 e. The molecular formula is C15H16O4. The van der Waals surface area contributed by atoms with Crippen molar-refractivity contribution in [2.24, 2.45) is 0 Å². The van der Waals surface area contributed by atoms with Crippen molar-refractivity contribution < 1.29 is 19.7 Å². The van der Waals surface area contributed by atoms with Crippen LogP contribution in [-0.4, -0.2) is 16.8 Å². The average Bonchev–Trinajstić information content (AvgIpc) is 2.38. The Kier molecular flexibility index (Phi) is 4.26. The van der Waals surface area contributed by atoms with Crippen molar-refractivity contribution in [2.45, 2.75) is 13.2 Å². The molecule has 0 aliphatic heterocycles. The van der Waals surface area contributed by atoms with E-state index in [4.69, 9.17) is 9.47 Å². The lowest BCUT2D eigenvalue weighted by Crippen LogP contribution is -2.11. The topological polar surface area (TPSA) is 58.9 Å². The van der Waals surface area contributed by atoms with Gasteiger partial charge in [-0.05, 0) is 31.2 Å². The predicted molar refractivity (Wildman–Crippen MR) is 71.2 cm³/mol. The quantitative estimate of drug-likeness (QED) is 0.810. The van der Waals surface area contributed by atoms with Crippen LogP contribution in [0, 0.1) is 0 Å².